The fourth-order valence-corrected chi connectivity index (χ4v) is 4.44. The van der Waals surface area contributed by atoms with Crippen LogP contribution >= 0.6 is 0 Å². The average Bonchev–Trinajstić information content (AvgIpc) is 2.40. The Morgan fingerprint density at radius 2 is 1.71 bits per heavy atom. The Labute approximate surface area is 88.3 Å². The van der Waals surface area contributed by atoms with Gasteiger partial charge in [0.25, 0.3) is 0 Å². The zero-order valence-electron chi connectivity index (χ0n) is 10.3. The van der Waals surface area contributed by atoms with E-state index in [4.69, 9.17) is 0 Å². The van der Waals surface area contributed by atoms with Crippen molar-refractivity contribution in [1.82, 2.24) is 9.78 Å². The van der Waals surface area contributed by atoms with Crippen molar-refractivity contribution in [2.24, 2.45) is 7.05 Å². The van der Waals surface area contributed by atoms with E-state index in [1.165, 1.54) is 11.4 Å². The largest absolute Gasteiger partial charge is 0.273 e. The average molecular weight is 210 g/mol. The second-order valence-corrected chi connectivity index (χ2v) is 9.85. The molecule has 0 saturated heterocycles. The molecule has 1 heterocycles. The van der Waals surface area contributed by atoms with Crippen LogP contribution in [0.3, 0.4) is 0 Å². The summed E-state index contributed by atoms with van der Waals surface area (Å²) in [6.07, 6.45) is 2.16. The molecule has 0 fully saturated rings. The standard InChI is InChI=1S/C11H22N2Si/c1-7-9-11(14(4,5)6)10(8-2)13(3)12-9/h7-8H2,1-6H3. The quantitative estimate of drug-likeness (QED) is 0.699. The fourth-order valence-electron chi connectivity index (χ4n) is 2.14. The number of aryl methyl sites for hydroxylation is 2. The molecule has 0 aliphatic carbocycles. The van der Waals surface area contributed by atoms with Crippen LogP contribution in [0.2, 0.25) is 19.6 Å². The van der Waals surface area contributed by atoms with Crippen LogP contribution in [0.25, 0.3) is 0 Å². The molecule has 0 radical (unpaired) electrons. The van der Waals surface area contributed by atoms with E-state index < -0.39 is 8.07 Å². The zero-order chi connectivity index (χ0) is 10.9. The van der Waals surface area contributed by atoms with Crippen LogP contribution in [0.5, 0.6) is 0 Å². The second kappa shape index (κ2) is 3.89. The molecule has 0 aliphatic rings. The number of hydrogen-bond acceptors (Lipinski definition) is 1. The highest BCUT2D eigenvalue weighted by atomic mass is 28.3. The first-order valence-electron chi connectivity index (χ1n) is 5.47. The first-order valence-corrected chi connectivity index (χ1v) is 8.97. The van der Waals surface area contributed by atoms with Crippen LogP contribution in [0.1, 0.15) is 25.2 Å². The number of aromatic nitrogens is 2. The van der Waals surface area contributed by atoms with E-state index in [1.54, 1.807) is 5.19 Å². The maximum atomic E-state index is 4.62. The zero-order valence-corrected chi connectivity index (χ0v) is 11.3. The summed E-state index contributed by atoms with van der Waals surface area (Å²) in [7, 11) is 0.844. The maximum absolute atomic E-state index is 4.62. The molecule has 0 aromatic carbocycles. The van der Waals surface area contributed by atoms with E-state index in [9.17, 15) is 0 Å². The molecule has 1 aromatic rings. The highest BCUT2D eigenvalue weighted by Crippen LogP contribution is 2.11. The van der Waals surface area contributed by atoms with Crippen LogP contribution in [0.15, 0.2) is 0 Å². The van der Waals surface area contributed by atoms with Crippen molar-refractivity contribution >= 4 is 13.3 Å². The minimum Gasteiger partial charge on any atom is -0.273 e. The third-order valence-electron chi connectivity index (χ3n) is 2.66. The van der Waals surface area contributed by atoms with Crippen molar-refractivity contribution in [1.29, 1.82) is 0 Å². The summed E-state index contributed by atoms with van der Waals surface area (Å²) in [5, 5.41) is 6.21. The van der Waals surface area contributed by atoms with Crippen molar-refractivity contribution in [2.45, 2.75) is 46.3 Å². The molecule has 0 unspecified atom stereocenters. The molecule has 2 nitrogen and oxygen atoms in total. The summed E-state index contributed by atoms with van der Waals surface area (Å²) in [6, 6.07) is 0. The molecule has 1 rings (SSSR count). The molecular formula is C11H22N2Si. The Hall–Kier alpha value is -0.573. The van der Waals surface area contributed by atoms with Gasteiger partial charge < -0.3 is 0 Å². The first-order chi connectivity index (χ1) is 6.41. The Balaban J connectivity index is 3.36. The fraction of sp³-hybridized carbons (Fsp3) is 0.727. The van der Waals surface area contributed by atoms with Gasteiger partial charge in [-0.15, -0.1) is 0 Å². The Bertz CT molecular complexity index is 321. The highest BCUT2D eigenvalue weighted by Gasteiger charge is 2.26. The molecule has 1 aromatic heterocycles. The van der Waals surface area contributed by atoms with Crippen LogP contribution in [-0.2, 0) is 19.9 Å². The van der Waals surface area contributed by atoms with Crippen molar-refractivity contribution < 1.29 is 0 Å². The van der Waals surface area contributed by atoms with Gasteiger partial charge in [0.15, 0.2) is 0 Å². The van der Waals surface area contributed by atoms with E-state index in [0.717, 1.165) is 12.8 Å². The van der Waals surface area contributed by atoms with E-state index in [1.807, 2.05) is 0 Å². The van der Waals surface area contributed by atoms with Crippen molar-refractivity contribution in [2.75, 3.05) is 0 Å². The second-order valence-electron chi connectivity index (χ2n) is 4.85. The Morgan fingerprint density at radius 1 is 1.14 bits per heavy atom. The minimum atomic E-state index is -1.23. The number of hydrogen-bond donors (Lipinski definition) is 0. The lowest BCUT2D eigenvalue weighted by Gasteiger charge is -2.18. The van der Waals surface area contributed by atoms with E-state index in [-0.39, 0.29) is 0 Å². The summed E-state index contributed by atoms with van der Waals surface area (Å²) in [5.74, 6) is 0. The molecule has 0 atom stereocenters. The van der Waals surface area contributed by atoms with Crippen molar-refractivity contribution in [3.05, 3.63) is 11.4 Å². The molecule has 0 bridgehead atoms. The molecular weight excluding hydrogens is 188 g/mol. The summed E-state index contributed by atoms with van der Waals surface area (Å²) >= 11 is 0. The SMILES string of the molecule is CCc1nn(C)c(CC)c1[Si](C)(C)C. The summed E-state index contributed by atoms with van der Waals surface area (Å²) in [6.45, 7) is 11.6. The minimum absolute atomic E-state index is 1.06. The topological polar surface area (TPSA) is 17.8 Å². The summed E-state index contributed by atoms with van der Waals surface area (Å²) < 4.78 is 2.08. The van der Waals surface area contributed by atoms with Crippen LogP contribution < -0.4 is 5.19 Å². The number of rotatable bonds is 3. The third-order valence-corrected chi connectivity index (χ3v) is 4.74. The molecule has 0 aliphatic heterocycles. The monoisotopic (exact) mass is 210 g/mol. The highest BCUT2D eigenvalue weighted by molar-refractivity contribution is 6.89. The van der Waals surface area contributed by atoms with E-state index >= 15 is 0 Å². The molecule has 3 heteroatoms. The van der Waals surface area contributed by atoms with Gasteiger partial charge in [-0.2, -0.15) is 5.10 Å². The van der Waals surface area contributed by atoms with Gasteiger partial charge in [-0.3, -0.25) is 4.68 Å². The molecule has 0 N–H and O–H groups in total. The van der Waals surface area contributed by atoms with E-state index in [2.05, 4.69) is 50.3 Å². The lowest BCUT2D eigenvalue weighted by molar-refractivity contribution is 0.705. The molecule has 0 spiro atoms. The van der Waals surface area contributed by atoms with Gasteiger partial charge in [-0.25, -0.2) is 0 Å². The Morgan fingerprint density at radius 3 is 2.07 bits per heavy atom. The third kappa shape index (κ3) is 1.92. The normalized spacial score (nSPS) is 12.1. The van der Waals surface area contributed by atoms with Gasteiger partial charge in [-0.1, -0.05) is 33.5 Å². The molecule has 80 valence electrons. The molecule has 0 amide bonds. The smallest absolute Gasteiger partial charge is 0.0824 e. The molecule has 0 saturated carbocycles. The lowest BCUT2D eigenvalue weighted by atomic mass is 10.2. The predicted molar refractivity (Wildman–Crippen MR) is 64.9 cm³/mol. The van der Waals surface area contributed by atoms with Crippen LogP contribution in [0, 0.1) is 0 Å². The lowest BCUT2D eigenvalue weighted by Crippen LogP contribution is -2.41. The summed E-state index contributed by atoms with van der Waals surface area (Å²) in [4.78, 5) is 0. The van der Waals surface area contributed by atoms with Gasteiger partial charge in [0.1, 0.15) is 0 Å². The van der Waals surface area contributed by atoms with Gasteiger partial charge in [0, 0.05) is 12.7 Å². The van der Waals surface area contributed by atoms with Crippen LogP contribution in [-0.4, -0.2) is 17.9 Å². The van der Waals surface area contributed by atoms with Gasteiger partial charge in [-0.05, 0) is 18.0 Å². The number of nitrogens with zero attached hydrogens (tertiary/aromatic N) is 2. The van der Waals surface area contributed by atoms with Gasteiger partial charge in [0.05, 0.1) is 13.8 Å². The Kier molecular flexibility index (Phi) is 3.19. The molecule has 14 heavy (non-hydrogen) atoms. The van der Waals surface area contributed by atoms with Gasteiger partial charge in [0.2, 0.25) is 0 Å². The predicted octanol–water partition coefficient (Wildman–Crippen LogP) is 2.09. The van der Waals surface area contributed by atoms with Crippen LogP contribution in [0.4, 0.5) is 0 Å². The summed E-state index contributed by atoms with van der Waals surface area (Å²) in [5.41, 5.74) is 2.77. The van der Waals surface area contributed by atoms with Crippen molar-refractivity contribution in [3.63, 3.8) is 0 Å². The maximum Gasteiger partial charge on any atom is 0.0824 e. The van der Waals surface area contributed by atoms with Gasteiger partial charge >= 0.3 is 0 Å². The van der Waals surface area contributed by atoms with E-state index in [0.29, 0.717) is 0 Å². The first kappa shape index (κ1) is 11.5. The van der Waals surface area contributed by atoms with Crippen molar-refractivity contribution in [3.8, 4) is 0 Å².